The van der Waals surface area contributed by atoms with Gasteiger partial charge < -0.3 is 15.6 Å². The molecule has 0 aliphatic heterocycles. The number of hydrogen-bond donors (Lipinski definition) is 1. The summed E-state index contributed by atoms with van der Waals surface area (Å²) < 4.78 is 5.60. The number of rotatable bonds is 8. The Hall–Kier alpha value is -1.63. The molecule has 1 aromatic heterocycles. The summed E-state index contributed by atoms with van der Waals surface area (Å²) in [6.45, 7) is 5.87. The molecule has 0 saturated carbocycles. The Morgan fingerprint density at radius 1 is 1.24 bits per heavy atom. The highest BCUT2D eigenvalue weighted by atomic mass is 16.5. The van der Waals surface area contributed by atoms with E-state index in [0.717, 1.165) is 25.8 Å². The first-order chi connectivity index (χ1) is 10.1. The molecule has 7 nitrogen and oxygen atoms in total. The second kappa shape index (κ2) is 12.1. The Morgan fingerprint density at radius 3 is 2.33 bits per heavy atom. The minimum Gasteiger partial charge on any atom is -0.857 e. The lowest BCUT2D eigenvalue weighted by molar-refractivity contribution is -0.368. The van der Waals surface area contributed by atoms with Crippen LogP contribution in [0.15, 0.2) is 0 Å². The van der Waals surface area contributed by atoms with Crippen LogP contribution in [0.3, 0.4) is 0 Å². The van der Waals surface area contributed by atoms with Gasteiger partial charge in [0.25, 0.3) is 0 Å². The number of ether oxygens (including phenoxy) is 1. The molecule has 7 heteroatoms. The van der Waals surface area contributed by atoms with Crippen LogP contribution in [-0.2, 0) is 11.3 Å². The molecule has 0 aliphatic rings. The van der Waals surface area contributed by atoms with E-state index in [9.17, 15) is 9.90 Å². The molecule has 0 radical (unpaired) electrons. The maximum absolute atomic E-state index is 11.5. The van der Waals surface area contributed by atoms with Crippen LogP contribution in [0, 0.1) is 0 Å². The topological polar surface area (TPSA) is 108 Å². The number of nitrogens with zero attached hydrogens (tertiary/aromatic N) is 3. The first kappa shape index (κ1) is 19.4. The first-order valence-electron chi connectivity index (χ1n) is 7.60. The van der Waals surface area contributed by atoms with Gasteiger partial charge in [-0.2, -0.15) is 0 Å². The zero-order chi connectivity index (χ0) is 16.1. The van der Waals surface area contributed by atoms with Crippen LogP contribution in [0.2, 0.25) is 0 Å². The van der Waals surface area contributed by atoms with Crippen molar-refractivity contribution in [2.75, 3.05) is 13.7 Å². The number of aromatic nitrogens is 3. The predicted molar refractivity (Wildman–Crippen MR) is 77.6 cm³/mol. The summed E-state index contributed by atoms with van der Waals surface area (Å²) in [6.07, 6.45) is 6.91. The van der Waals surface area contributed by atoms with E-state index in [2.05, 4.69) is 34.6 Å². The Labute approximate surface area is 126 Å². The zero-order valence-corrected chi connectivity index (χ0v) is 13.4. The van der Waals surface area contributed by atoms with E-state index in [-0.39, 0.29) is 5.69 Å². The molecule has 0 saturated heterocycles. The van der Waals surface area contributed by atoms with Crippen LogP contribution in [0.25, 0.3) is 0 Å². The van der Waals surface area contributed by atoms with Gasteiger partial charge in [0.2, 0.25) is 0 Å². The van der Waals surface area contributed by atoms with Gasteiger partial charge in [-0.25, -0.2) is 4.79 Å². The fraction of sp³-hybridized carbons (Fsp3) is 0.786. The Morgan fingerprint density at radius 2 is 1.86 bits per heavy atom. The third-order valence-corrected chi connectivity index (χ3v) is 2.90. The van der Waals surface area contributed by atoms with Gasteiger partial charge in [-0.05, 0) is 19.3 Å². The van der Waals surface area contributed by atoms with E-state index in [4.69, 9.17) is 0 Å². The summed E-state index contributed by atoms with van der Waals surface area (Å²) in [5, 5.41) is 18.6. The largest absolute Gasteiger partial charge is 0.857 e. The lowest BCUT2D eigenvalue weighted by Gasteiger charge is -2.09. The van der Waals surface area contributed by atoms with Crippen molar-refractivity contribution < 1.29 is 20.4 Å². The molecule has 0 spiro atoms. The smallest absolute Gasteiger partial charge is 0.359 e. The van der Waals surface area contributed by atoms with Crippen molar-refractivity contribution in [1.82, 2.24) is 15.0 Å². The van der Waals surface area contributed by atoms with E-state index in [1.165, 1.54) is 31.1 Å². The van der Waals surface area contributed by atoms with Gasteiger partial charge in [-0.15, -0.1) is 5.10 Å². The summed E-state index contributed by atoms with van der Waals surface area (Å²) >= 11 is 0. The van der Waals surface area contributed by atoms with E-state index in [0.29, 0.717) is 6.54 Å². The van der Waals surface area contributed by atoms with Crippen LogP contribution in [0.5, 0.6) is 5.88 Å². The Bertz CT molecular complexity index is 390. The third kappa shape index (κ3) is 7.65. The van der Waals surface area contributed by atoms with E-state index in [1.807, 2.05) is 0 Å². The number of carbonyl (C=O) groups is 1. The van der Waals surface area contributed by atoms with E-state index >= 15 is 0 Å². The summed E-state index contributed by atoms with van der Waals surface area (Å²) in [7, 11) is 1.21. The Balaban J connectivity index is 0.000000567. The first-order valence-corrected chi connectivity index (χ1v) is 7.60. The third-order valence-electron chi connectivity index (χ3n) is 2.90. The number of unbranched alkanes of at least 4 members (excludes halogenated alkanes) is 4. The van der Waals surface area contributed by atoms with Crippen LogP contribution in [0.4, 0.5) is 0 Å². The minimum atomic E-state index is -0.734. The minimum absolute atomic E-state index is 0.242. The molecular formula is C14H28N4O3. The van der Waals surface area contributed by atoms with Crippen molar-refractivity contribution in [3.05, 3.63) is 5.69 Å². The average Bonchev–Trinajstić information content (AvgIpc) is 2.86. The van der Waals surface area contributed by atoms with Crippen LogP contribution in [-0.4, -0.2) is 34.6 Å². The summed E-state index contributed by atoms with van der Waals surface area (Å²) in [5.74, 6) is -1.21. The van der Waals surface area contributed by atoms with Crippen LogP contribution >= 0.6 is 0 Å². The number of quaternary nitrogens is 1. The van der Waals surface area contributed by atoms with Gasteiger partial charge in [-0.1, -0.05) is 38.3 Å². The van der Waals surface area contributed by atoms with Gasteiger partial charge in [0.1, 0.15) is 0 Å². The fourth-order valence-corrected chi connectivity index (χ4v) is 1.61. The van der Waals surface area contributed by atoms with Crippen molar-refractivity contribution in [2.45, 2.75) is 58.9 Å². The SMILES string of the molecule is CCCCC[NH3+].CCCCCn1nnc(C(=O)OC)c1[O-]. The van der Waals surface area contributed by atoms with Gasteiger partial charge in [-0.3, -0.25) is 4.68 Å². The molecule has 0 bridgehead atoms. The van der Waals surface area contributed by atoms with Crippen molar-refractivity contribution in [2.24, 2.45) is 0 Å². The van der Waals surface area contributed by atoms with Crippen LogP contribution in [0.1, 0.15) is 62.9 Å². The van der Waals surface area contributed by atoms with Gasteiger partial charge in [0.05, 0.1) is 13.7 Å². The van der Waals surface area contributed by atoms with Crippen molar-refractivity contribution in [3.8, 4) is 5.88 Å². The molecule has 1 aromatic rings. The molecule has 1 heterocycles. The lowest BCUT2D eigenvalue weighted by atomic mass is 10.2. The molecule has 0 unspecified atom stereocenters. The summed E-state index contributed by atoms with van der Waals surface area (Å²) in [6, 6.07) is 0. The molecular weight excluding hydrogens is 272 g/mol. The standard InChI is InChI=1S/C9H15N3O3.C5H13N/c1-3-4-5-6-12-8(13)7(10-11-12)9(14)15-2;1-2-3-4-5-6/h13H,3-6H2,1-2H3;2-6H2,1H3. The number of carbonyl (C=O) groups excluding carboxylic acids is 1. The highest BCUT2D eigenvalue weighted by Gasteiger charge is 2.12. The van der Waals surface area contributed by atoms with Crippen molar-refractivity contribution >= 4 is 5.97 Å². The maximum Gasteiger partial charge on any atom is 0.359 e. The van der Waals surface area contributed by atoms with E-state index in [1.54, 1.807) is 0 Å². The van der Waals surface area contributed by atoms with Gasteiger partial charge in [0, 0.05) is 12.4 Å². The highest BCUT2D eigenvalue weighted by molar-refractivity contribution is 5.89. The molecule has 0 aromatic carbocycles. The second-order valence-electron chi connectivity index (χ2n) is 4.73. The number of hydrogen-bond acceptors (Lipinski definition) is 5. The lowest BCUT2D eigenvalue weighted by Crippen LogP contribution is -2.49. The molecule has 0 aliphatic carbocycles. The zero-order valence-electron chi connectivity index (χ0n) is 13.4. The van der Waals surface area contributed by atoms with Crippen LogP contribution < -0.4 is 10.8 Å². The average molecular weight is 300 g/mol. The highest BCUT2D eigenvalue weighted by Crippen LogP contribution is 2.11. The monoisotopic (exact) mass is 300 g/mol. The van der Waals surface area contributed by atoms with Gasteiger partial charge in [0.15, 0.2) is 5.69 Å². The molecule has 3 N–H and O–H groups in total. The normalized spacial score (nSPS) is 9.90. The fourth-order valence-electron chi connectivity index (χ4n) is 1.61. The predicted octanol–water partition coefficient (Wildman–Crippen LogP) is 0.747. The quantitative estimate of drug-likeness (QED) is 0.563. The molecule has 0 atom stereocenters. The summed E-state index contributed by atoms with van der Waals surface area (Å²) in [4.78, 5) is 11.0. The summed E-state index contributed by atoms with van der Waals surface area (Å²) in [5.41, 5.74) is 3.48. The Kier molecular flexibility index (Phi) is 11.2. The molecule has 122 valence electrons. The van der Waals surface area contributed by atoms with Crippen molar-refractivity contribution in [3.63, 3.8) is 0 Å². The van der Waals surface area contributed by atoms with Gasteiger partial charge >= 0.3 is 5.97 Å². The molecule has 1 rings (SSSR count). The molecule has 0 amide bonds. The second-order valence-corrected chi connectivity index (χ2v) is 4.73. The number of aryl methyl sites for hydroxylation is 1. The van der Waals surface area contributed by atoms with E-state index < -0.39 is 11.8 Å². The number of methoxy groups -OCH3 is 1. The van der Waals surface area contributed by atoms with Crippen molar-refractivity contribution in [1.29, 1.82) is 0 Å². The maximum atomic E-state index is 11.5. The molecule has 0 fully saturated rings. The number of esters is 1. The molecule has 21 heavy (non-hydrogen) atoms.